The number of carbonyl (C=O) groups is 3. The van der Waals surface area contributed by atoms with Crippen molar-refractivity contribution in [2.45, 2.75) is 91.1 Å². The fourth-order valence-corrected chi connectivity index (χ4v) is 3.39. The van der Waals surface area contributed by atoms with Gasteiger partial charge in [0.2, 0.25) is 5.91 Å². The van der Waals surface area contributed by atoms with E-state index >= 15 is 0 Å². The van der Waals surface area contributed by atoms with Gasteiger partial charge in [-0.2, -0.15) is 0 Å². The van der Waals surface area contributed by atoms with Crippen LogP contribution in [0.3, 0.4) is 0 Å². The standard InChI is InChI=1S/C21H39N3O6/c1-20(2,3)12-15(24-19(28)30-21(4,5)6)17(26)23-14(18(27)29-7)11-13-9-8-10-22-16(13)25/h13-16,22,25H,8-12H2,1-7H3,(H,23,26)(H,24,28)/t13-,14-,15-,16?/m0/s1. The first-order valence-corrected chi connectivity index (χ1v) is 10.5. The summed E-state index contributed by atoms with van der Waals surface area (Å²) < 4.78 is 10.1. The van der Waals surface area contributed by atoms with Gasteiger partial charge in [-0.15, -0.1) is 0 Å². The van der Waals surface area contributed by atoms with Gasteiger partial charge in [-0.25, -0.2) is 9.59 Å². The largest absolute Gasteiger partial charge is 0.467 e. The van der Waals surface area contributed by atoms with Crippen molar-refractivity contribution in [1.29, 1.82) is 0 Å². The van der Waals surface area contributed by atoms with Crippen LogP contribution in [0.15, 0.2) is 0 Å². The zero-order valence-corrected chi connectivity index (χ0v) is 19.3. The van der Waals surface area contributed by atoms with Crippen LogP contribution < -0.4 is 16.0 Å². The first-order valence-electron chi connectivity index (χ1n) is 10.5. The van der Waals surface area contributed by atoms with Gasteiger partial charge in [-0.1, -0.05) is 20.8 Å². The molecular weight excluding hydrogens is 390 g/mol. The molecule has 9 heteroatoms. The number of hydrogen-bond donors (Lipinski definition) is 4. The second-order valence-corrected chi connectivity index (χ2v) is 10.1. The minimum Gasteiger partial charge on any atom is -0.467 e. The number of esters is 1. The highest BCUT2D eigenvalue weighted by atomic mass is 16.6. The molecule has 0 radical (unpaired) electrons. The molecular formula is C21H39N3O6. The van der Waals surface area contributed by atoms with Gasteiger partial charge < -0.3 is 25.2 Å². The third kappa shape index (κ3) is 9.75. The summed E-state index contributed by atoms with van der Waals surface area (Å²) in [7, 11) is 1.25. The van der Waals surface area contributed by atoms with Crippen LogP contribution in [-0.4, -0.2) is 60.6 Å². The van der Waals surface area contributed by atoms with E-state index in [1.165, 1.54) is 7.11 Å². The molecule has 4 atom stereocenters. The van der Waals surface area contributed by atoms with Crippen LogP contribution in [-0.2, 0) is 19.1 Å². The Balaban J connectivity index is 2.91. The Morgan fingerprint density at radius 2 is 1.73 bits per heavy atom. The normalized spacial score (nSPS) is 21.9. The van der Waals surface area contributed by atoms with Gasteiger partial charge in [0, 0.05) is 5.92 Å². The number of amides is 2. The Labute approximate surface area is 179 Å². The first kappa shape index (κ1) is 26.2. The number of alkyl carbamates (subject to hydrolysis) is 1. The summed E-state index contributed by atoms with van der Waals surface area (Å²) in [6.07, 6.45) is 0.748. The van der Waals surface area contributed by atoms with E-state index in [1.807, 2.05) is 20.8 Å². The molecule has 0 spiro atoms. The van der Waals surface area contributed by atoms with Crippen LogP contribution in [0.5, 0.6) is 0 Å². The predicted molar refractivity (Wildman–Crippen MR) is 113 cm³/mol. The van der Waals surface area contributed by atoms with E-state index in [-0.39, 0.29) is 17.8 Å². The maximum Gasteiger partial charge on any atom is 0.408 e. The third-order valence-corrected chi connectivity index (χ3v) is 4.72. The molecule has 0 aromatic rings. The van der Waals surface area contributed by atoms with E-state index in [0.29, 0.717) is 13.0 Å². The minimum atomic E-state index is -0.926. The summed E-state index contributed by atoms with van der Waals surface area (Å²) in [6, 6.07) is -1.81. The molecule has 1 saturated heterocycles. The van der Waals surface area contributed by atoms with E-state index in [1.54, 1.807) is 20.8 Å². The summed E-state index contributed by atoms with van der Waals surface area (Å²) in [5.74, 6) is -1.28. The highest BCUT2D eigenvalue weighted by Gasteiger charge is 2.34. The van der Waals surface area contributed by atoms with Crippen molar-refractivity contribution in [3.05, 3.63) is 0 Å². The number of ether oxygens (including phenoxy) is 2. The second-order valence-electron chi connectivity index (χ2n) is 10.1. The summed E-state index contributed by atoms with van der Waals surface area (Å²) in [4.78, 5) is 37.6. The van der Waals surface area contributed by atoms with Gasteiger partial charge >= 0.3 is 12.1 Å². The Kier molecular flexibility index (Phi) is 9.55. The highest BCUT2D eigenvalue weighted by Crippen LogP contribution is 2.23. The molecule has 0 aromatic heterocycles. The topological polar surface area (TPSA) is 126 Å². The molecule has 30 heavy (non-hydrogen) atoms. The number of piperidine rings is 1. The summed E-state index contributed by atoms with van der Waals surface area (Å²) >= 11 is 0. The zero-order valence-electron chi connectivity index (χ0n) is 19.3. The van der Waals surface area contributed by atoms with Gasteiger partial charge in [0.25, 0.3) is 0 Å². The molecule has 9 nitrogen and oxygen atoms in total. The summed E-state index contributed by atoms with van der Waals surface area (Å²) in [5.41, 5.74) is -0.965. The van der Waals surface area contributed by atoms with Crippen molar-refractivity contribution < 1.29 is 29.0 Å². The van der Waals surface area contributed by atoms with Crippen molar-refractivity contribution in [2.75, 3.05) is 13.7 Å². The molecule has 4 N–H and O–H groups in total. The molecule has 1 aliphatic rings. The van der Waals surface area contributed by atoms with Crippen LogP contribution >= 0.6 is 0 Å². The number of methoxy groups -OCH3 is 1. The van der Waals surface area contributed by atoms with Crippen molar-refractivity contribution >= 4 is 18.0 Å². The van der Waals surface area contributed by atoms with Gasteiger partial charge in [-0.05, 0) is 58.4 Å². The summed E-state index contributed by atoms with van der Waals surface area (Å²) in [6.45, 7) is 11.8. The molecule has 0 bridgehead atoms. The number of aliphatic hydroxyl groups is 1. The average Bonchev–Trinajstić information content (AvgIpc) is 2.58. The molecule has 0 aliphatic carbocycles. The SMILES string of the molecule is COC(=O)[C@H](C[C@@H]1CCCNC1O)NC(=O)[C@H](CC(C)(C)C)NC(=O)OC(C)(C)C. The molecule has 174 valence electrons. The number of carbonyl (C=O) groups excluding carboxylic acids is 3. The maximum atomic E-state index is 13.0. The first-order chi connectivity index (χ1) is 13.7. The van der Waals surface area contributed by atoms with E-state index in [4.69, 9.17) is 9.47 Å². The van der Waals surface area contributed by atoms with Gasteiger partial charge in [0.1, 0.15) is 23.9 Å². The summed E-state index contributed by atoms with van der Waals surface area (Å²) in [5, 5.41) is 18.4. The minimum absolute atomic E-state index is 0.192. The Hall–Kier alpha value is -1.87. The molecule has 1 rings (SSSR count). The quantitative estimate of drug-likeness (QED) is 0.454. The van der Waals surface area contributed by atoms with Crippen LogP contribution in [0.25, 0.3) is 0 Å². The maximum absolute atomic E-state index is 13.0. The smallest absolute Gasteiger partial charge is 0.408 e. The van der Waals surface area contributed by atoms with Crippen molar-refractivity contribution in [1.82, 2.24) is 16.0 Å². The lowest BCUT2D eigenvalue weighted by Crippen LogP contribution is -2.54. The average molecular weight is 430 g/mol. The monoisotopic (exact) mass is 429 g/mol. The van der Waals surface area contributed by atoms with Crippen molar-refractivity contribution in [2.24, 2.45) is 11.3 Å². The lowest BCUT2D eigenvalue weighted by molar-refractivity contribution is -0.146. The fourth-order valence-electron chi connectivity index (χ4n) is 3.39. The van der Waals surface area contributed by atoms with Gasteiger partial charge in [0.05, 0.1) is 7.11 Å². The molecule has 1 unspecified atom stereocenters. The Morgan fingerprint density at radius 1 is 1.10 bits per heavy atom. The molecule has 0 saturated carbocycles. The molecule has 1 aliphatic heterocycles. The Bertz CT molecular complexity index is 597. The van der Waals surface area contributed by atoms with Crippen molar-refractivity contribution in [3.8, 4) is 0 Å². The number of aliphatic hydroxyl groups excluding tert-OH is 1. The second kappa shape index (κ2) is 10.9. The van der Waals surface area contributed by atoms with E-state index < -0.39 is 41.9 Å². The number of rotatable bonds is 7. The lowest BCUT2D eigenvalue weighted by Gasteiger charge is -2.32. The van der Waals surface area contributed by atoms with Crippen LogP contribution in [0.4, 0.5) is 4.79 Å². The molecule has 1 fully saturated rings. The molecule has 0 aromatic carbocycles. The molecule has 2 amide bonds. The Morgan fingerprint density at radius 3 is 2.23 bits per heavy atom. The highest BCUT2D eigenvalue weighted by molar-refractivity contribution is 5.89. The van der Waals surface area contributed by atoms with E-state index in [2.05, 4.69) is 16.0 Å². The van der Waals surface area contributed by atoms with Gasteiger partial charge in [-0.3, -0.25) is 10.1 Å². The fraction of sp³-hybridized carbons (Fsp3) is 0.857. The number of nitrogens with one attached hydrogen (secondary N) is 3. The lowest BCUT2D eigenvalue weighted by atomic mass is 9.87. The van der Waals surface area contributed by atoms with Crippen molar-refractivity contribution in [3.63, 3.8) is 0 Å². The van der Waals surface area contributed by atoms with Crippen LogP contribution in [0.2, 0.25) is 0 Å². The third-order valence-electron chi connectivity index (χ3n) is 4.72. The van der Waals surface area contributed by atoms with Crippen LogP contribution in [0, 0.1) is 11.3 Å². The molecule has 1 heterocycles. The number of hydrogen-bond acceptors (Lipinski definition) is 7. The zero-order chi connectivity index (χ0) is 23.1. The van der Waals surface area contributed by atoms with E-state index in [0.717, 1.165) is 12.8 Å². The van der Waals surface area contributed by atoms with Gasteiger partial charge in [0.15, 0.2) is 0 Å². The predicted octanol–water partition coefficient (Wildman–Crippen LogP) is 1.68. The van der Waals surface area contributed by atoms with Crippen LogP contribution in [0.1, 0.15) is 67.2 Å². The van der Waals surface area contributed by atoms with E-state index in [9.17, 15) is 19.5 Å².